The number of fused-ring (bicyclic) bond motifs is 1. The summed E-state index contributed by atoms with van der Waals surface area (Å²) in [5.74, 6) is -1.46. The summed E-state index contributed by atoms with van der Waals surface area (Å²) in [5, 5.41) is 5.94. The van der Waals surface area contributed by atoms with E-state index in [1.807, 2.05) is 0 Å². The monoisotopic (exact) mass is 482 g/mol. The number of aromatic nitrogens is 1. The largest absolute Gasteiger partial charge is 0.356 e. The maximum atomic E-state index is 14.7. The van der Waals surface area contributed by atoms with Crippen LogP contribution in [0.5, 0.6) is 0 Å². The van der Waals surface area contributed by atoms with Crippen LogP contribution >= 0.6 is 11.3 Å². The van der Waals surface area contributed by atoms with Crippen LogP contribution in [0.1, 0.15) is 38.5 Å². The number of hydrogen-bond donors (Lipinski definition) is 2. The number of anilines is 1. The molecule has 3 fully saturated rings. The number of hydrogen-bond acceptors (Lipinski definition) is 5. The van der Waals surface area contributed by atoms with Crippen molar-refractivity contribution >= 4 is 39.1 Å². The lowest BCUT2D eigenvalue weighted by molar-refractivity contribution is -0.132. The fourth-order valence-corrected chi connectivity index (χ4v) is 7.38. The topological polar surface area (TPSA) is 74.3 Å². The van der Waals surface area contributed by atoms with Crippen molar-refractivity contribution in [1.82, 2.24) is 15.2 Å². The van der Waals surface area contributed by atoms with Crippen molar-refractivity contribution in [2.24, 2.45) is 29.1 Å². The minimum absolute atomic E-state index is 0.0279. The molecule has 3 aliphatic carbocycles. The van der Waals surface area contributed by atoms with Gasteiger partial charge in [-0.1, -0.05) is 12.2 Å². The molecule has 2 saturated carbocycles. The predicted molar refractivity (Wildman–Crippen MR) is 131 cm³/mol. The Bertz CT molecular complexity index is 1140. The highest BCUT2D eigenvalue weighted by Crippen LogP contribution is 2.72. The Morgan fingerprint density at radius 2 is 1.82 bits per heavy atom. The number of nitrogens with one attached hydrogen (secondary N) is 2. The number of nitrogens with zero attached hydrogens (tertiary/aromatic N) is 2. The van der Waals surface area contributed by atoms with Gasteiger partial charge < -0.3 is 15.5 Å². The summed E-state index contributed by atoms with van der Waals surface area (Å²) in [6.45, 7) is 4.12. The van der Waals surface area contributed by atoms with E-state index in [4.69, 9.17) is 0 Å². The Labute approximate surface area is 203 Å². The molecule has 1 aliphatic heterocycles. The van der Waals surface area contributed by atoms with Crippen LogP contribution in [0.25, 0.3) is 10.2 Å². The first kappa shape index (κ1) is 22.2. The Kier molecular flexibility index (Phi) is 5.68. The molecule has 8 heteroatoms. The van der Waals surface area contributed by atoms with Gasteiger partial charge in [-0.05, 0) is 87.5 Å². The number of amides is 2. The highest BCUT2D eigenvalue weighted by atomic mass is 32.1. The molecule has 2 heterocycles. The molecule has 2 amide bonds. The third-order valence-corrected chi connectivity index (χ3v) is 9.32. The second kappa shape index (κ2) is 8.72. The molecular weight excluding hydrogens is 451 g/mol. The van der Waals surface area contributed by atoms with E-state index in [1.165, 1.54) is 43.3 Å². The van der Waals surface area contributed by atoms with E-state index in [-0.39, 0.29) is 40.7 Å². The number of rotatable bonds is 8. The smallest absolute Gasteiger partial charge is 0.229 e. The van der Waals surface area contributed by atoms with Gasteiger partial charge in [0, 0.05) is 6.54 Å². The van der Waals surface area contributed by atoms with Crippen LogP contribution in [0.3, 0.4) is 0 Å². The van der Waals surface area contributed by atoms with Crippen molar-refractivity contribution in [3.8, 4) is 0 Å². The first-order valence-electron chi connectivity index (χ1n) is 12.6. The fraction of sp³-hybridized carbons (Fsp3) is 0.577. The molecule has 0 unspecified atom stereocenters. The minimum atomic E-state index is -0.469. The zero-order valence-corrected chi connectivity index (χ0v) is 20.1. The number of allylic oxidation sites excluding steroid dienone is 2. The van der Waals surface area contributed by atoms with Gasteiger partial charge in [0.2, 0.25) is 11.8 Å². The molecule has 4 atom stereocenters. The minimum Gasteiger partial charge on any atom is -0.356 e. The van der Waals surface area contributed by atoms with E-state index >= 15 is 0 Å². The standard InChI is InChI=1S/C26H31FN4O2S/c27-18-13-21-20(29-15-34-21)14-19(18)30-25(33)23-17-6-5-16(26(17)7-8-26)22(23)24(32)28-9-1-2-10-31-11-3-4-12-31/h5-6,13-17,22-23H,1-4,7-12H2,(H,28,32)(H,30,33)/t16-,17+,22-,23-/m1/s1. The summed E-state index contributed by atoms with van der Waals surface area (Å²) in [4.78, 5) is 33.5. The van der Waals surface area contributed by atoms with Crippen molar-refractivity contribution < 1.29 is 14.0 Å². The molecule has 34 heavy (non-hydrogen) atoms. The lowest BCUT2D eigenvalue weighted by Gasteiger charge is -2.26. The Balaban J connectivity index is 1.13. The van der Waals surface area contributed by atoms with Crippen LogP contribution in [0.4, 0.5) is 10.1 Å². The van der Waals surface area contributed by atoms with Gasteiger partial charge in [0.15, 0.2) is 0 Å². The van der Waals surface area contributed by atoms with Gasteiger partial charge in [-0.15, -0.1) is 11.3 Å². The lowest BCUT2D eigenvalue weighted by Crippen LogP contribution is -2.42. The summed E-state index contributed by atoms with van der Waals surface area (Å²) in [7, 11) is 0. The molecule has 0 radical (unpaired) electrons. The second-order valence-corrected chi connectivity index (χ2v) is 11.3. The predicted octanol–water partition coefficient (Wildman–Crippen LogP) is 4.19. The van der Waals surface area contributed by atoms with E-state index in [0.29, 0.717) is 12.1 Å². The number of halogens is 1. The first-order valence-corrected chi connectivity index (χ1v) is 13.5. The molecule has 6 nitrogen and oxygen atoms in total. The van der Waals surface area contributed by atoms with Crippen molar-refractivity contribution in [1.29, 1.82) is 0 Å². The van der Waals surface area contributed by atoms with Crippen LogP contribution in [0.2, 0.25) is 0 Å². The maximum absolute atomic E-state index is 14.7. The number of unbranched alkanes of at least 4 members (excludes halogenated alkanes) is 1. The summed E-state index contributed by atoms with van der Waals surface area (Å²) in [5.41, 5.74) is 2.52. The number of carbonyl (C=O) groups excluding carboxylic acids is 2. The molecule has 1 aromatic carbocycles. The quantitative estimate of drug-likeness (QED) is 0.437. The summed E-state index contributed by atoms with van der Waals surface area (Å²) >= 11 is 1.37. The molecule has 2 N–H and O–H groups in total. The zero-order valence-electron chi connectivity index (χ0n) is 19.3. The number of thiazole rings is 1. The molecule has 1 aromatic heterocycles. The molecule has 2 bridgehead atoms. The average Bonchev–Trinajstić information content (AvgIpc) is 3.15. The summed E-state index contributed by atoms with van der Waals surface area (Å²) < 4.78 is 15.4. The van der Waals surface area contributed by atoms with E-state index in [1.54, 1.807) is 11.6 Å². The van der Waals surface area contributed by atoms with E-state index < -0.39 is 11.7 Å². The van der Waals surface area contributed by atoms with Gasteiger partial charge in [0.25, 0.3) is 0 Å². The molecule has 2 aromatic rings. The Morgan fingerprint density at radius 3 is 2.56 bits per heavy atom. The number of benzene rings is 1. The molecular formula is C26H31FN4O2S. The van der Waals surface area contributed by atoms with Crippen molar-refractivity contribution in [3.63, 3.8) is 0 Å². The third kappa shape index (κ3) is 3.75. The number of carbonyl (C=O) groups is 2. The van der Waals surface area contributed by atoms with Gasteiger partial charge in [-0.25, -0.2) is 9.37 Å². The van der Waals surface area contributed by atoms with Gasteiger partial charge in [0.1, 0.15) is 5.82 Å². The highest BCUT2D eigenvalue weighted by Gasteiger charge is 2.69. The summed E-state index contributed by atoms with van der Waals surface area (Å²) in [6.07, 6.45) is 11.0. The molecule has 1 saturated heterocycles. The number of likely N-dealkylation sites (tertiary alicyclic amines) is 1. The molecule has 180 valence electrons. The van der Waals surface area contributed by atoms with Gasteiger partial charge in [-0.3, -0.25) is 9.59 Å². The van der Waals surface area contributed by atoms with Gasteiger partial charge >= 0.3 is 0 Å². The lowest BCUT2D eigenvalue weighted by atomic mass is 9.81. The third-order valence-electron chi connectivity index (χ3n) is 8.52. The van der Waals surface area contributed by atoms with Crippen LogP contribution in [-0.2, 0) is 9.59 Å². The highest BCUT2D eigenvalue weighted by molar-refractivity contribution is 7.16. The Morgan fingerprint density at radius 1 is 1.09 bits per heavy atom. The molecule has 6 rings (SSSR count). The first-order chi connectivity index (χ1) is 16.6. The van der Waals surface area contributed by atoms with E-state index in [0.717, 1.165) is 36.9 Å². The van der Waals surface area contributed by atoms with Crippen molar-refractivity contribution in [2.45, 2.75) is 38.5 Å². The molecule has 4 aliphatic rings. The second-order valence-electron chi connectivity index (χ2n) is 10.4. The normalized spacial score (nSPS) is 28.7. The van der Waals surface area contributed by atoms with Crippen LogP contribution in [-0.4, -0.2) is 47.9 Å². The van der Waals surface area contributed by atoms with Crippen molar-refractivity contribution in [2.75, 3.05) is 31.5 Å². The molecule has 1 spiro atoms. The van der Waals surface area contributed by atoms with Gasteiger partial charge in [-0.2, -0.15) is 0 Å². The summed E-state index contributed by atoms with van der Waals surface area (Å²) in [6, 6.07) is 3.00. The zero-order chi connectivity index (χ0) is 23.3. The fourth-order valence-electron chi connectivity index (χ4n) is 6.70. The van der Waals surface area contributed by atoms with Crippen LogP contribution in [0, 0.1) is 34.9 Å². The maximum Gasteiger partial charge on any atom is 0.229 e. The van der Waals surface area contributed by atoms with E-state index in [9.17, 15) is 14.0 Å². The van der Waals surface area contributed by atoms with Crippen LogP contribution in [0.15, 0.2) is 29.8 Å². The van der Waals surface area contributed by atoms with Crippen LogP contribution < -0.4 is 10.6 Å². The Hall–Kier alpha value is -2.32. The SMILES string of the molecule is O=C(NCCCCN1CCCC1)[C@H]1[C@H](C(=O)Nc2cc3ncsc3cc2F)[C@@H]2C=C[C@H]1C21CC1. The average molecular weight is 483 g/mol. The van der Waals surface area contributed by atoms with Gasteiger partial charge in [0.05, 0.1) is 33.3 Å². The van der Waals surface area contributed by atoms with Crippen molar-refractivity contribution in [3.05, 3.63) is 35.6 Å². The van der Waals surface area contributed by atoms with E-state index in [2.05, 4.69) is 32.7 Å².